The van der Waals surface area contributed by atoms with Crippen molar-refractivity contribution in [3.05, 3.63) is 89.7 Å². The van der Waals surface area contributed by atoms with Gasteiger partial charge >= 0.3 is 0 Å². The fourth-order valence-corrected chi connectivity index (χ4v) is 4.27. The molecular formula is C29H29FN2O5. The largest absolute Gasteiger partial charge is 0.497 e. The van der Waals surface area contributed by atoms with Gasteiger partial charge in [-0.3, -0.25) is 14.4 Å². The molecular weight excluding hydrogens is 475 g/mol. The van der Waals surface area contributed by atoms with Crippen molar-refractivity contribution in [2.24, 2.45) is 0 Å². The fraction of sp³-hybridized carbons (Fsp3) is 0.276. The molecule has 1 aliphatic heterocycles. The van der Waals surface area contributed by atoms with Crippen molar-refractivity contribution in [3.63, 3.8) is 0 Å². The minimum absolute atomic E-state index is 0.117. The molecule has 37 heavy (non-hydrogen) atoms. The average Bonchev–Trinajstić information content (AvgIpc) is 3.21. The van der Waals surface area contributed by atoms with E-state index in [9.17, 15) is 18.8 Å². The third kappa shape index (κ3) is 5.97. The molecule has 1 aliphatic rings. The van der Waals surface area contributed by atoms with Crippen LogP contribution in [0, 0.1) is 5.82 Å². The first-order chi connectivity index (χ1) is 17.9. The summed E-state index contributed by atoms with van der Waals surface area (Å²) in [5.74, 6) is -0.616. The summed E-state index contributed by atoms with van der Waals surface area (Å²) in [5, 5.41) is 0. The zero-order chi connectivity index (χ0) is 26.4. The van der Waals surface area contributed by atoms with Gasteiger partial charge in [-0.15, -0.1) is 0 Å². The molecule has 192 valence electrons. The lowest BCUT2D eigenvalue weighted by atomic mass is 10.1. The molecule has 0 bridgehead atoms. The van der Waals surface area contributed by atoms with E-state index in [0.717, 1.165) is 23.0 Å². The molecule has 0 saturated carbocycles. The second-order valence-corrected chi connectivity index (χ2v) is 8.74. The number of amides is 3. The number of hydrogen-bond donors (Lipinski definition) is 0. The zero-order valence-corrected chi connectivity index (χ0v) is 20.9. The van der Waals surface area contributed by atoms with E-state index in [-0.39, 0.29) is 18.5 Å². The Morgan fingerprint density at radius 3 is 2.38 bits per heavy atom. The molecule has 0 aliphatic carbocycles. The van der Waals surface area contributed by atoms with Gasteiger partial charge in [0, 0.05) is 12.1 Å². The van der Waals surface area contributed by atoms with Crippen LogP contribution < -0.4 is 14.4 Å². The fourth-order valence-electron chi connectivity index (χ4n) is 4.27. The van der Waals surface area contributed by atoms with Crippen LogP contribution in [0.4, 0.5) is 10.1 Å². The van der Waals surface area contributed by atoms with E-state index in [2.05, 4.69) is 0 Å². The van der Waals surface area contributed by atoms with E-state index >= 15 is 0 Å². The van der Waals surface area contributed by atoms with Gasteiger partial charge in [-0.05, 0) is 73.0 Å². The molecule has 1 heterocycles. The van der Waals surface area contributed by atoms with Crippen LogP contribution in [-0.2, 0) is 16.0 Å². The summed E-state index contributed by atoms with van der Waals surface area (Å²) in [4.78, 5) is 42.4. The Morgan fingerprint density at radius 1 is 1.03 bits per heavy atom. The topological polar surface area (TPSA) is 76.2 Å². The second kappa shape index (κ2) is 11.7. The Morgan fingerprint density at radius 2 is 1.73 bits per heavy atom. The molecule has 3 amide bonds. The van der Waals surface area contributed by atoms with Crippen molar-refractivity contribution in [3.8, 4) is 11.5 Å². The number of halogens is 1. The highest BCUT2D eigenvalue weighted by Gasteiger charge is 2.44. The molecule has 3 aromatic carbocycles. The molecule has 0 unspecified atom stereocenters. The van der Waals surface area contributed by atoms with Gasteiger partial charge in [-0.25, -0.2) is 9.29 Å². The first kappa shape index (κ1) is 25.9. The van der Waals surface area contributed by atoms with Crippen LogP contribution in [0.1, 0.15) is 35.7 Å². The van der Waals surface area contributed by atoms with Crippen molar-refractivity contribution in [1.82, 2.24) is 4.90 Å². The van der Waals surface area contributed by atoms with Crippen molar-refractivity contribution in [2.45, 2.75) is 32.2 Å². The van der Waals surface area contributed by atoms with Crippen molar-refractivity contribution in [1.29, 1.82) is 0 Å². The maximum absolute atomic E-state index is 13.9. The summed E-state index contributed by atoms with van der Waals surface area (Å²) < 4.78 is 24.7. The monoisotopic (exact) mass is 504 g/mol. The summed E-state index contributed by atoms with van der Waals surface area (Å²) >= 11 is 0. The van der Waals surface area contributed by atoms with Crippen molar-refractivity contribution >= 4 is 23.4 Å². The lowest BCUT2D eigenvalue weighted by molar-refractivity contribution is -0.122. The summed E-state index contributed by atoms with van der Waals surface area (Å²) in [7, 11) is 1.58. The molecule has 7 nitrogen and oxygen atoms in total. The predicted molar refractivity (Wildman–Crippen MR) is 137 cm³/mol. The number of methoxy groups -OCH3 is 1. The minimum Gasteiger partial charge on any atom is -0.497 e. The summed E-state index contributed by atoms with van der Waals surface area (Å²) in [5.41, 5.74) is 1.45. The summed E-state index contributed by atoms with van der Waals surface area (Å²) in [6, 6.07) is 18.4. The highest BCUT2D eigenvalue weighted by atomic mass is 19.1. The Labute approximate surface area is 215 Å². The molecule has 1 atom stereocenters. The van der Waals surface area contributed by atoms with E-state index in [1.165, 1.54) is 23.1 Å². The van der Waals surface area contributed by atoms with E-state index in [0.29, 0.717) is 30.2 Å². The standard InChI is InChI=1S/C29H29FN2O5/c1-3-17-37-25-13-9-23(10-14-25)32-27(33)19-26(29(32)35)31(28(34)21-5-4-6-22(30)18-21)16-15-20-7-11-24(36-2)12-8-20/h4-14,18,26H,3,15-17,19H2,1-2H3/t26-/m0/s1. The minimum atomic E-state index is -1.00. The molecule has 0 N–H and O–H groups in total. The van der Waals surface area contributed by atoms with Crippen LogP contribution in [0.2, 0.25) is 0 Å². The molecule has 1 fully saturated rings. The first-order valence-electron chi connectivity index (χ1n) is 12.2. The Kier molecular flexibility index (Phi) is 8.18. The van der Waals surface area contributed by atoms with Gasteiger partial charge in [0.05, 0.1) is 25.8 Å². The van der Waals surface area contributed by atoms with Crippen molar-refractivity contribution < 1.29 is 28.2 Å². The highest BCUT2D eigenvalue weighted by Crippen LogP contribution is 2.29. The third-order valence-corrected chi connectivity index (χ3v) is 6.20. The van der Waals surface area contributed by atoms with Crippen LogP contribution >= 0.6 is 0 Å². The van der Waals surface area contributed by atoms with Gasteiger partial charge in [0.2, 0.25) is 5.91 Å². The Hall–Kier alpha value is -4.20. The van der Waals surface area contributed by atoms with Gasteiger partial charge in [-0.2, -0.15) is 0 Å². The number of imide groups is 1. The zero-order valence-electron chi connectivity index (χ0n) is 20.9. The van der Waals surface area contributed by atoms with Gasteiger partial charge in [0.25, 0.3) is 11.8 Å². The molecule has 4 rings (SSSR count). The third-order valence-electron chi connectivity index (χ3n) is 6.20. The molecule has 0 aromatic heterocycles. The Balaban J connectivity index is 1.58. The smallest absolute Gasteiger partial charge is 0.257 e. The van der Waals surface area contributed by atoms with Gasteiger partial charge in [0.1, 0.15) is 23.4 Å². The second-order valence-electron chi connectivity index (χ2n) is 8.74. The number of carbonyl (C=O) groups excluding carboxylic acids is 3. The van der Waals surface area contributed by atoms with Gasteiger partial charge < -0.3 is 14.4 Å². The molecule has 8 heteroatoms. The Bertz CT molecular complexity index is 1260. The van der Waals surface area contributed by atoms with Crippen LogP contribution in [0.3, 0.4) is 0 Å². The van der Waals surface area contributed by atoms with Crippen LogP contribution in [0.5, 0.6) is 11.5 Å². The maximum atomic E-state index is 13.9. The van der Waals surface area contributed by atoms with E-state index in [4.69, 9.17) is 9.47 Å². The van der Waals surface area contributed by atoms with E-state index in [1.54, 1.807) is 31.4 Å². The van der Waals surface area contributed by atoms with Crippen LogP contribution in [-0.4, -0.2) is 48.9 Å². The molecule has 0 radical (unpaired) electrons. The van der Waals surface area contributed by atoms with Crippen LogP contribution in [0.15, 0.2) is 72.8 Å². The number of carbonyl (C=O) groups is 3. The highest BCUT2D eigenvalue weighted by molar-refractivity contribution is 6.23. The van der Waals surface area contributed by atoms with Crippen LogP contribution in [0.25, 0.3) is 0 Å². The normalized spacial score (nSPS) is 15.1. The average molecular weight is 505 g/mol. The number of ether oxygens (including phenoxy) is 2. The van der Waals surface area contributed by atoms with Gasteiger partial charge in [0.15, 0.2) is 0 Å². The predicted octanol–water partition coefficient (Wildman–Crippen LogP) is 4.64. The maximum Gasteiger partial charge on any atom is 0.257 e. The summed E-state index contributed by atoms with van der Waals surface area (Å²) in [6.07, 6.45) is 1.14. The van der Waals surface area contributed by atoms with Crippen molar-refractivity contribution in [2.75, 3.05) is 25.2 Å². The van der Waals surface area contributed by atoms with Gasteiger partial charge in [-0.1, -0.05) is 25.1 Å². The first-order valence-corrected chi connectivity index (χ1v) is 12.2. The summed E-state index contributed by atoms with van der Waals surface area (Å²) in [6.45, 7) is 2.74. The number of hydrogen-bond acceptors (Lipinski definition) is 5. The number of anilines is 1. The lowest BCUT2D eigenvalue weighted by Crippen LogP contribution is -2.46. The molecule has 0 spiro atoms. The molecule has 3 aromatic rings. The lowest BCUT2D eigenvalue weighted by Gasteiger charge is -2.28. The number of rotatable bonds is 10. The number of benzene rings is 3. The molecule has 1 saturated heterocycles. The quantitative estimate of drug-likeness (QED) is 0.376. The SMILES string of the molecule is CCCOc1ccc(N2C(=O)C[C@H](N(CCc3ccc(OC)cc3)C(=O)c3cccc(F)c3)C2=O)cc1. The number of nitrogens with zero attached hydrogens (tertiary/aromatic N) is 2. The van der Waals surface area contributed by atoms with E-state index < -0.39 is 29.6 Å². The van der Waals surface area contributed by atoms with E-state index in [1.807, 2.05) is 31.2 Å².